The van der Waals surface area contributed by atoms with Crippen molar-refractivity contribution >= 4 is 35.1 Å². The largest absolute Gasteiger partial charge is 0.469 e. The second-order valence-corrected chi connectivity index (χ2v) is 10.5. The summed E-state index contributed by atoms with van der Waals surface area (Å²) in [5, 5.41) is 0. The number of thiol groups is 1. The van der Waals surface area contributed by atoms with Gasteiger partial charge >= 0.3 is 21.3 Å². The van der Waals surface area contributed by atoms with E-state index in [0.717, 1.165) is 23.9 Å². The van der Waals surface area contributed by atoms with E-state index in [1.165, 1.54) is 0 Å². The Hall–Kier alpha value is -0.640. The summed E-state index contributed by atoms with van der Waals surface area (Å²) in [5.74, 6) is 0. The number of nitrogens with one attached hydrogen (secondary N) is 1. The van der Waals surface area contributed by atoms with E-state index in [1.807, 2.05) is 4.98 Å². The molecule has 20 heteroatoms. The van der Waals surface area contributed by atoms with E-state index in [2.05, 4.69) is 21.3 Å². The Morgan fingerprint density at radius 3 is 2.19 bits per heavy atom. The smallest absolute Gasteiger partial charge is 0.374 e. The van der Waals surface area contributed by atoms with Gasteiger partial charge in [0, 0.05) is 19.4 Å². The van der Waals surface area contributed by atoms with Gasteiger partial charge in [0.15, 0.2) is 6.23 Å². The predicted molar refractivity (Wildman–Crippen MR) is 104 cm³/mol. The first-order chi connectivity index (χ1) is 14.2. The lowest BCUT2D eigenvalue weighted by Gasteiger charge is -2.33. The molecule has 1 aliphatic heterocycles. The van der Waals surface area contributed by atoms with E-state index in [0.29, 0.717) is 0 Å². The Bertz CT molecular complexity index is 989. The fraction of sp³-hybridized carbons (Fsp3) is 0.636. The molecular formula is C11H19N2O14P3S. The van der Waals surface area contributed by atoms with Crippen molar-refractivity contribution in [1.82, 2.24) is 9.55 Å². The standard InChI is InChI=1S/C11H19N2O14P3S/c1-23-7-8(27-28(16)31)11(4-24-29(17,18)19,5-25-30(20,21)22)26-9(7)13-3-2-6(14)12-10(13)15/h2-3,7-9,28H,4-5H2,1H3,(H,16,31)(H,12,14,15)(H2,17,18,19)(H2,20,21,22)/t7-,8?,9+/m0/s1. The minimum atomic E-state index is -5.15. The highest BCUT2D eigenvalue weighted by Gasteiger charge is 2.59. The highest BCUT2D eigenvalue weighted by molar-refractivity contribution is 8.39. The van der Waals surface area contributed by atoms with Crippen LogP contribution >= 0.6 is 35.1 Å². The lowest BCUT2D eigenvalue weighted by molar-refractivity contribution is -0.142. The molecule has 1 aliphatic rings. The van der Waals surface area contributed by atoms with Crippen LogP contribution in [0.4, 0.5) is 0 Å². The molecule has 4 atom stereocenters. The monoisotopic (exact) mass is 528 g/mol. The molecule has 2 unspecified atom stereocenters. The molecule has 1 aromatic rings. The molecule has 0 aliphatic carbocycles. The number of hydrogen-bond donors (Lipinski definition) is 6. The molecule has 2 heterocycles. The van der Waals surface area contributed by atoms with Gasteiger partial charge in [-0.2, -0.15) is 0 Å². The zero-order valence-electron chi connectivity index (χ0n) is 15.5. The summed E-state index contributed by atoms with van der Waals surface area (Å²) >= 11 is 3.64. The van der Waals surface area contributed by atoms with Crippen LogP contribution in [0.15, 0.2) is 21.9 Å². The van der Waals surface area contributed by atoms with Crippen molar-refractivity contribution in [2.75, 3.05) is 20.3 Å². The lowest BCUT2D eigenvalue weighted by atomic mass is 9.97. The fourth-order valence-corrected chi connectivity index (χ4v) is 4.53. The number of ether oxygens (including phenoxy) is 2. The van der Waals surface area contributed by atoms with Crippen molar-refractivity contribution in [3.05, 3.63) is 33.1 Å². The van der Waals surface area contributed by atoms with Crippen molar-refractivity contribution in [3.8, 4) is 0 Å². The number of H-pyrrole nitrogens is 1. The highest BCUT2D eigenvalue weighted by atomic mass is 32.7. The number of phosphoric ester groups is 2. The Morgan fingerprint density at radius 2 is 1.77 bits per heavy atom. The molecule has 0 radical (unpaired) electrons. The molecule has 31 heavy (non-hydrogen) atoms. The van der Waals surface area contributed by atoms with Crippen LogP contribution in [0.25, 0.3) is 0 Å². The van der Waals surface area contributed by atoms with Gasteiger partial charge in [0.2, 0.25) is 7.23 Å². The fourth-order valence-electron chi connectivity index (χ4n) is 2.85. The first kappa shape index (κ1) is 26.6. The molecule has 0 amide bonds. The number of phosphoric acid groups is 2. The molecule has 0 aromatic carbocycles. The van der Waals surface area contributed by atoms with Gasteiger partial charge in [-0.15, -0.1) is 0 Å². The van der Waals surface area contributed by atoms with Crippen LogP contribution in [-0.2, 0) is 36.7 Å². The van der Waals surface area contributed by atoms with E-state index in [9.17, 15) is 23.3 Å². The molecule has 0 bridgehead atoms. The molecule has 2 rings (SSSR count). The number of rotatable bonds is 10. The minimum Gasteiger partial charge on any atom is -0.374 e. The van der Waals surface area contributed by atoms with E-state index in [4.69, 9.17) is 33.6 Å². The van der Waals surface area contributed by atoms with Crippen molar-refractivity contribution in [3.63, 3.8) is 0 Å². The number of methoxy groups -OCH3 is 1. The zero-order chi connectivity index (χ0) is 23.6. The Kier molecular flexibility index (Phi) is 8.67. The first-order valence-electron chi connectivity index (χ1n) is 7.99. The molecule has 5 N–H and O–H groups in total. The second-order valence-electron chi connectivity index (χ2n) is 6.12. The zero-order valence-corrected chi connectivity index (χ0v) is 19.1. The maximum Gasteiger partial charge on any atom is 0.469 e. The van der Waals surface area contributed by atoms with Crippen molar-refractivity contribution in [2.45, 2.75) is 24.0 Å². The molecule has 1 aromatic heterocycles. The van der Waals surface area contributed by atoms with E-state index in [1.54, 1.807) is 0 Å². The molecule has 1 fully saturated rings. The number of hydrogen-bond acceptors (Lipinski definition) is 10. The van der Waals surface area contributed by atoms with E-state index >= 15 is 0 Å². The third kappa shape index (κ3) is 7.17. The summed E-state index contributed by atoms with van der Waals surface area (Å²) in [6.07, 6.45) is -3.49. The average molecular weight is 528 g/mol. The minimum absolute atomic E-state index is 0.748. The maximum absolute atomic E-state index is 12.2. The summed E-state index contributed by atoms with van der Waals surface area (Å²) in [7, 11) is -12.3. The third-order valence-corrected chi connectivity index (χ3v) is 5.74. The van der Waals surface area contributed by atoms with E-state index in [-0.39, 0.29) is 0 Å². The van der Waals surface area contributed by atoms with Gasteiger partial charge in [0.1, 0.15) is 17.8 Å². The molecule has 0 spiro atoms. The van der Waals surface area contributed by atoms with Gasteiger partial charge < -0.3 is 33.6 Å². The topological polar surface area (TPSA) is 233 Å². The normalized spacial score (nSPS) is 24.9. The van der Waals surface area contributed by atoms with Crippen LogP contribution in [-0.4, -0.2) is 67.3 Å². The van der Waals surface area contributed by atoms with Gasteiger partial charge in [-0.3, -0.25) is 28.0 Å². The lowest BCUT2D eigenvalue weighted by Crippen LogP contribution is -2.51. The predicted octanol–water partition coefficient (Wildman–Crippen LogP) is -1.26. The number of nitrogens with zero attached hydrogens (tertiary/aromatic N) is 1. The van der Waals surface area contributed by atoms with Gasteiger partial charge in [-0.25, -0.2) is 13.9 Å². The quantitative estimate of drug-likeness (QED) is 0.154. The first-order valence-corrected chi connectivity index (χ1v) is 13.7. The highest BCUT2D eigenvalue weighted by Crippen LogP contribution is 2.49. The van der Waals surface area contributed by atoms with Crippen LogP contribution in [0.1, 0.15) is 6.23 Å². The van der Waals surface area contributed by atoms with Crippen molar-refractivity contribution in [2.24, 2.45) is 0 Å². The molecule has 0 saturated carbocycles. The van der Waals surface area contributed by atoms with Crippen molar-refractivity contribution < 1.29 is 56.3 Å². The summed E-state index contributed by atoms with van der Waals surface area (Å²) in [6.45, 7) is -2.20. The summed E-state index contributed by atoms with van der Waals surface area (Å²) < 4.78 is 59.9. The average Bonchev–Trinajstić information content (AvgIpc) is 2.90. The second kappa shape index (κ2) is 10.1. The van der Waals surface area contributed by atoms with Crippen LogP contribution in [0.3, 0.4) is 0 Å². The van der Waals surface area contributed by atoms with Crippen LogP contribution < -0.4 is 11.2 Å². The van der Waals surface area contributed by atoms with Crippen molar-refractivity contribution in [1.29, 1.82) is 0 Å². The van der Waals surface area contributed by atoms with Gasteiger partial charge in [-0.1, -0.05) is 12.2 Å². The number of aromatic amines is 1. The van der Waals surface area contributed by atoms with Crippen LogP contribution in [0, 0.1) is 0 Å². The van der Waals surface area contributed by atoms with Crippen LogP contribution in [0.5, 0.6) is 0 Å². The Morgan fingerprint density at radius 1 is 1.23 bits per heavy atom. The third-order valence-electron chi connectivity index (χ3n) is 4.03. The number of aromatic nitrogens is 2. The SMILES string of the molecule is CO[C@H]1C(O[PH](=O)S)C(COP(=O)(O)O)(COP(=O)(O)O)O[C@H]1n1ccc(=O)[nH]c1=O. The summed E-state index contributed by atoms with van der Waals surface area (Å²) in [4.78, 5) is 61.8. The molecular weight excluding hydrogens is 509 g/mol. The van der Waals surface area contributed by atoms with Crippen LogP contribution in [0.2, 0.25) is 0 Å². The van der Waals surface area contributed by atoms with Gasteiger partial charge in [-0.05, 0) is 0 Å². The maximum atomic E-state index is 12.2. The summed E-state index contributed by atoms with van der Waals surface area (Å²) in [5.41, 5.74) is -3.99. The molecule has 178 valence electrons. The Labute approximate surface area is 178 Å². The summed E-state index contributed by atoms with van der Waals surface area (Å²) in [6, 6.07) is 0.951. The van der Waals surface area contributed by atoms with E-state index < -0.39 is 71.4 Å². The molecule has 1 saturated heterocycles. The molecule has 16 nitrogen and oxygen atoms in total. The Balaban J connectivity index is 2.60. The van der Waals surface area contributed by atoms with Gasteiger partial charge in [0.05, 0.1) is 13.2 Å². The van der Waals surface area contributed by atoms with Gasteiger partial charge in [0.25, 0.3) is 5.56 Å².